The van der Waals surface area contributed by atoms with E-state index in [1.54, 1.807) is 0 Å². The number of hydrogen-bond acceptors (Lipinski definition) is 4. The van der Waals surface area contributed by atoms with E-state index < -0.39 is 0 Å². The maximum atomic E-state index is 6.76. The summed E-state index contributed by atoms with van der Waals surface area (Å²) in [4.78, 5) is 10.2. The molecule has 0 spiro atoms. The number of para-hydroxylation sites is 4. The fourth-order valence-corrected chi connectivity index (χ4v) is 9.04. The number of pyridine rings is 1. The van der Waals surface area contributed by atoms with Crippen LogP contribution in [0, 0.1) is 0 Å². The molecule has 268 valence electrons. The molecule has 0 saturated heterocycles. The zero-order chi connectivity index (χ0) is 37.5. The molecule has 5 nitrogen and oxygen atoms in total. The van der Waals surface area contributed by atoms with Crippen LogP contribution in [0.25, 0.3) is 70.8 Å². The Balaban J connectivity index is 1.01. The molecule has 0 amide bonds. The van der Waals surface area contributed by atoms with Crippen LogP contribution >= 0.6 is 0 Å². The van der Waals surface area contributed by atoms with E-state index in [9.17, 15) is 0 Å². The van der Waals surface area contributed by atoms with E-state index in [1.165, 1.54) is 54.8 Å². The summed E-state index contributed by atoms with van der Waals surface area (Å²) >= 11 is 0. The van der Waals surface area contributed by atoms with Crippen molar-refractivity contribution >= 4 is 87.8 Å². The highest BCUT2D eigenvalue weighted by atomic mass is 16.5. The molecule has 1 aliphatic rings. The van der Waals surface area contributed by atoms with Gasteiger partial charge in [0, 0.05) is 50.4 Å². The van der Waals surface area contributed by atoms with Crippen molar-refractivity contribution in [2.24, 2.45) is 0 Å². The van der Waals surface area contributed by atoms with Crippen molar-refractivity contribution in [2.45, 2.75) is 0 Å². The van der Waals surface area contributed by atoms with Gasteiger partial charge in [-0.15, -0.1) is 0 Å². The number of anilines is 4. The molecular formula is C52H34N4O. The zero-order valence-electron chi connectivity index (χ0n) is 30.9. The number of aromatic nitrogens is 2. The lowest BCUT2D eigenvalue weighted by Crippen LogP contribution is -2.23. The second-order valence-electron chi connectivity index (χ2n) is 14.8. The van der Waals surface area contributed by atoms with Gasteiger partial charge < -0.3 is 14.5 Å². The number of hydrogen-bond donors (Lipinski definition) is 0. The Hall–Kier alpha value is -7.63. The van der Waals surface area contributed by atoms with Gasteiger partial charge in [-0.2, -0.15) is 0 Å². The number of ether oxygens (including phenoxy) is 1. The van der Waals surface area contributed by atoms with Crippen LogP contribution in [0.2, 0.25) is 0 Å². The third kappa shape index (κ3) is 4.92. The predicted molar refractivity (Wildman–Crippen MR) is 237 cm³/mol. The summed E-state index contributed by atoms with van der Waals surface area (Å²) in [6, 6.07) is 68.8. The number of nitrogens with zero attached hydrogens (tertiary/aromatic N) is 4. The van der Waals surface area contributed by atoms with Gasteiger partial charge in [-0.1, -0.05) is 115 Å². The molecule has 0 radical (unpaired) electrons. The minimum atomic E-state index is 0.705. The Morgan fingerprint density at radius 2 is 1.00 bits per heavy atom. The maximum Gasteiger partial charge on any atom is 0.146 e. The number of fused-ring (bicyclic) bond motifs is 11. The fraction of sp³-hybridized carbons (Fsp3) is 0.0192. The topological polar surface area (TPSA) is 33.5 Å². The Morgan fingerprint density at radius 3 is 1.81 bits per heavy atom. The van der Waals surface area contributed by atoms with Crippen molar-refractivity contribution in [3.63, 3.8) is 0 Å². The van der Waals surface area contributed by atoms with Crippen molar-refractivity contribution in [2.75, 3.05) is 16.5 Å². The first-order valence-electron chi connectivity index (χ1n) is 19.4. The summed E-state index contributed by atoms with van der Waals surface area (Å²) < 4.78 is 9.09. The fourth-order valence-electron chi connectivity index (χ4n) is 9.04. The Bertz CT molecular complexity index is 3390. The maximum absolute atomic E-state index is 6.76. The average molecular weight is 731 g/mol. The monoisotopic (exact) mass is 730 g/mol. The standard InChI is InChI=1S/C52H34N4O/c1-2-15-36(16-3-1)54-33-55(48-24-11-10-23-47(48)54)37-17-12-18-38(31-37)57-39-27-29-43-42-21-8-9-22-46(42)56(49(43)32-39)52-44-28-25-34-13-4-6-19-40(34)50(44)51-41-20-7-5-14-35(41)26-30-45(51)53-52/h1-32H,33H2. The van der Waals surface area contributed by atoms with E-state index in [2.05, 4.69) is 202 Å². The average Bonchev–Trinajstić information content (AvgIpc) is 3.82. The quantitative estimate of drug-likeness (QED) is 0.165. The molecule has 0 aliphatic carbocycles. The number of rotatable bonds is 5. The third-order valence-electron chi connectivity index (χ3n) is 11.6. The second kappa shape index (κ2) is 12.4. The lowest BCUT2D eigenvalue weighted by atomic mass is 9.95. The van der Waals surface area contributed by atoms with Crippen LogP contribution in [0.3, 0.4) is 0 Å². The molecule has 0 saturated carbocycles. The van der Waals surface area contributed by atoms with E-state index in [1.807, 2.05) is 6.07 Å². The molecule has 0 atom stereocenters. The van der Waals surface area contributed by atoms with Gasteiger partial charge in [-0.3, -0.25) is 4.57 Å². The van der Waals surface area contributed by atoms with Gasteiger partial charge in [0.1, 0.15) is 24.0 Å². The number of benzene rings is 9. The van der Waals surface area contributed by atoms with Crippen LogP contribution in [0.4, 0.5) is 22.7 Å². The molecule has 57 heavy (non-hydrogen) atoms. The molecule has 5 heteroatoms. The van der Waals surface area contributed by atoms with Crippen molar-refractivity contribution in [1.29, 1.82) is 0 Å². The highest BCUT2D eigenvalue weighted by molar-refractivity contribution is 6.28. The molecule has 2 aromatic heterocycles. The minimum Gasteiger partial charge on any atom is -0.457 e. The molecule has 3 heterocycles. The molecule has 0 fully saturated rings. The van der Waals surface area contributed by atoms with E-state index in [0.29, 0.717) is 6.67 Å². The smallest absolute Gasteiger partial charge is 0.146 e. The first-order valence-corrected chi connectivity index (χ1v) is 19.4. The van der Waals surface area contributed by atoms with Gasteiger partial charge in [0.15, 0.2) is 0 Å². The van der Waals surface area contributed by atoms with Crippen LogP contribution in [0.1, 0.15) is 0 Å². The molecular weight excluding hydrogens is 697 g/mol. The summed E-state index contributed by atoms with van der Waals surface area (Å²) in [5, 5.41) is 10.7. The second-order valence-corrected chi connectivity index (χ2v) is 14.8. The van der Waals surface area contributed by atoms with Crippen LogP contribution in [-0.4, -0.2) is 16.2 Å². The van der Waals surface area contributed by atoms with Gasteiger partial charge in [-0.05, 0) is 88.3 Å². The Morgan fingerprint density at radius 1 is 0.404 bits per heavy atom. The van der Waals surface area contributed by atoms with Gasteiger partial charge in [-0.25, -0.2) is 4.98 Å². The first kappa shape index (κ1) is 31.7. The SMILES string of the molecule is c1ccc(N2CN(c3cccc(Oc4ccc5c6ccccc6n(-c6nc7ccc8ccccc8c7c7c6ccc6ccccc67)c5c4)c3)c3ccccc32)cc1. The highest BCUT2D eigenvalue weighted by Gasteiger charge is 2.28. The summed E-state index contributed by atoms with van der Waals surface area (Å²) in [5.74, 6) is 2.44. The largest absolute Gasteiger partial charge is 0.457 e. The van der Waals surface area contributed by atoms with E-state index >= 15 is 0 Å². The van der Waals surface area contributed by atoms with Crippen LogP contribution < -0.4 is 14.5 Å². The third-order valence-corrected chi connectivity index (χ3v) is 11.6. The van der Waals surface area contributed by atoms with Crippen molar-refractivity contribution < 1.29 is 4.74 Å². The van der Waals surface area contributed by atoms with Crippen molar-refractivity contribution in [3.05, 3.63) is 194 Å². The Kier molecular flexibility index (Phi) is 6.92. The van der Waals surface area contributed by atoms with Crippen molar-refractivity contribution in [1.82, 2.24) is 9.55 Å². The molecule has 9 aromatic carbocycles. The Labute approximate surface area is 328 Å². The predicted octanol–water partition coefficient (Wildman–Crippen LogP) is 13.8. The molecule has 11 aromatic rings. The normalized spacial score (nSPS) is 12.8. The van der Waals surface area contributed by atoms with Gasteiger partial charge >= 0.3 is 0 Å². The van der Waals surface area contributed by atoms with E-state index in [0.717, 1.165) is 50.3 Å². The molecule has 12 rings (SSSR count). The summed E-state index contributed by atoms with van der Waals surface area (Å²) in [6.45, 7) is 0.705. The molecule has 1 aliphatic heterocycles. The minimum absolute atomic E-state index is 0.705. The van der Waals surface area contributed by atoms with Gasteiger partial charge in [0.2, 0.25) is 0 Å². The van der Waals surface area contributed by atoms with Crippen LogP contribution in [0.5, 0.6) is 11.5 Å². The molecule has 0 unspecified atom stereocenters. The lowest BCUT2D eigenvalue weighted by Gasteiger charge is -2.22. The van der Waals surface area contributed by atoms with E-state index in [4.69, 9.17) is 9.72 Å². The van der Waals surface area contributed by atoms with E-state index in [-0.39, 0.29) is 0 Å². The zero-order valence-corrected chi connectivity index (χ0v) is 30.9. The summed E-state index contributed by atoms with van der Waals surface area (Å²) in [5.41, 5.74) is 7.70. The van der Waals surface area contributed by atoms with Gasteiger partial charge in [0.25, 0.3) is 0 Å². The van der Waals surface area contributed by atoms with Crippen LogP contribution in [-0.2, 0) is 0 Å². The first-order chi connectivity index (χ1) is 28.3. The molecule has 0 N–H and O–H groups in total. The van der Waals surface area contributed by atoms with Crippen molar-refractivity contribution in [3.8, 4) is 17.3 Å². The van der Waals surface area contributed by atoms with Gasteiger partial charge in [0.05, 0.1) is 27.9 Å². The summed E-state index contributed by atoms with van der Waals surface area (Å²) in [7, 11) is 0. The lowest BCUT2D eigenvalue weighted by molar-refractivity contribution is 0.483. The van der Waals surface area contributed by atoms with Crippen LogP contribution in [0.15, 0.2) is 194 Å². The summed E-state index contributed by atoms with van der Waals surface area (Å²) in [6.07, 6.45) is 0. The highest BCUT2D eigenvalue weighted by Crippen LogP contribution is 2.45. The molecule has 0 bridgehead atoms.